The SMILES string of the molecule is CC[C@@]1(O)C(=O)OCc2c1cc1n(c2=O)Cc2cc3c(CCCCOCNC(=O)[C@H](C)NC(=O)[C@@H](NC(=O)[C@H](CCC(O)NC[C@H](O)[C@@H](O)[C@H](O)[C@H](O)CO)NC(=O)CCCCCN4C(=O)C=CC4O)C(C)C)c(C)c(F)cc3nc2-1. The smallest absolute Gasteiger partial charge is 0.343 e. The van der Waals surface area contributed by atoms with Gasteiger partial charge in [0.05, 0.1) is 41.7 Å². The lowest BCUT2D eigenvalue weighted by molar-refractivity contribution is -0.172. The molecule has 2 aromatic heterocycles. The highest BCUT2D eigenvalue weighted by Gasteiger charge is 2.45. The summed E-state index contributed by atoms with van der Waals surface area (Å²) in [6.07, 6.45) is -4.70. The number of nitrogens with zero attached hydrogens (tertiary/aromatic N) is 3. The lowest BCUT2D eigenvalue weighted by atomic mass is 9.86. The zero-order chi connectivity index (χ0) is 59.5. The lowest BCUT2D eigenvalue weighted by Gasteiger charge is -2.31. The van der Waals surface area contributed by atoms with Crippen molar-refractivity contribution in [2.45, 2.75) is 173 Å². The van der Waals surface area contributed by atoms with Gasteiger partial charge in [0.1, 0.15) is 68.0 Å². The first kappa shape index (κ1) is 63.8. The van der Waals surface area contributed by atoms with Crippen molar-refractivity contribution in [2.75, 3.05) is 33.0 Å². The molecule has 1 aromatic carbocycles. The molecule has 26 heteroatoms. The molecule has 0 radical (unpaired) electrons. The molecule has 0 saturated heterocycles. The molecule has 0 fully saturated rings. The molecule has 13 N–H and O–H groups in total. The fourth-order valence-corrected chi connectivity index (χ4v) is 9.98. The largest absolute Gasteiger partial charge is 0.458 e. The van der Waals surface area contributed by atoms with Crippen molar-refractivity contribution in [3.63, 3.8) is 0 Å². The lowest BCUT2D eigenvalue weighted by Crippen LogP contribution is -2.58. The highest BCUT2D eigenvalue weighted by molar-refractivity contribution is 5.94. The second kappa shape index (κ2) is 28.6. The number of cyclic esters (lactones) is 1. The predicted molar refractivity (Wildman–Crippen MR) is 287 cm³/mol. The minimum atomic E-state index is -1.99. The Morgan fingerprint density at radius 1 is 0.914 bits per heavy atom. The monoisotopic (exact) mass is 1140 g/mol. The molecule has 2 unspecified atom stereocenters. The second-order valence-corrected chi connectivity index (χ2v) is 21.2. The number of pyridine rings is 2. The van der Waals surface area contributed by atoms with Gasteiger partial charge >= 0.3 is 5.97 Å². The van der Waals surface area contributed by atoms with Gasteiger partial charge in [0.25, 0.3) is 5.56 Å². The minimum absolute atomic E-state index is 0.00749. The molecule has 5 amide bonds. The van der Waals surface area contributed by atoms with Crippen LogP contribution in [0, 0.1) is 18.7 Å². The van der Waals surface area contributed by atoms with Gasteiger partial charge in [-0.25, -0.2) is 14.2 Å². The first-order valence-electron chi connectivity index (χ1n) is 27.4. The molecular weight excluding hydrogens is 1060 g/mol. The topological polar surface area (TPSA) is 381 Å². The Labute approximate surface area is 466 Å². The van der Waals surface area contributed by atoms with Crippen LogP contribution in [-0.4, -0.2) is 179 Å². The number of hydrogen-bond acceptors (Lipinski definition) is 19. The van der Waals surface area contributed by atoms with Crippen LogP contribution >= 0.6 is 0 Å². The fraction of sp³-hybridized carbons (Fsp3) is 0.600. The summed E-state index contributed by atoms with van der Waals surface area (Å²) in [4.78, 5) is 98.0. The number of nitrogens with one attached hydrogen (secondary N) is 5. The van der Waals surface area contributed by atoms with E-state index in [9.17, 15) is 69.3 Å². The number of ether oxygens (including phenoxy) is 2. The van der Waals surface area contributed by atoms with Crippen molar-refractivity contribution < 1.29 is 83.5 Å². The van der Waals surface area contributed by atoms with Crippen molar-refractivity contribution in [3.05, 3.63) is 74.3 Å². The summed E-state index contributed by atoms with van der Waals surface area (Å²) < 4.78 is 27.8. The average molecular weight is 1140 g/mol. The highest BCUT2D eigenvalue weighted by Crippen LogP contribution is 2.39. The third-order valence-electron chi connectivity index (χ3n) is 15.0. The van der Waals surface area contributed by atoms with E-state index in [1.54, 1.807) is 33.8 Å². The van der Waals surface area contributed by atoms with Crippen LogP contribution < -0.4 is 32.1 Å². The van der Waals surface area contributed by atoms with Crippen LogP contribution in [0.5, 0.6) is 0 Å². The average Bonchev–Trinajstić information content (AvgIpc) is 2.59. The van der Waals surface area contributed by atoms with Crippen LogP contribution in [0.4, 0.5) is 4.39 Å². The Morgan fingerprint density at radius 3 is 2.32 bits per heavy atom. The van der Waals surface area contributed by atoms with Crippen LogP contribution in [0.15, 0.2) is 35.1 Å². The summed E-state index contributed by atoms with van der Waals surface area (Å²) in [7, 11) is 0. The Hall–Kier alpha value is -6.33. The maximum atomic E-state index is 15.4. The van der Waals surface area contributed by atoms with E-state index in [-0.39, 0.29) is 75.8 Å². The number of fused-ring (bicyclic) bond motifs is 5. The molecule has 446 valence electrons. The number of aliphatic hydroxyl groups is 8. The van der Waals surface area contributed by atoms with E-state index in [4.69, 9.17) is 19.6 Å². The molecule has 0 spiro atoms. The molecule has 6 rings (SSSR count). The van der Waals surface area contributed by atoms with Crippen LogP contribution in [0.1, 0.15) is 113 Å². The number of amides is 5. The predicted octanol–water partition coefficient (Wildman–Crippen LogP) is -1.53. The van der Waals surface area contributed by atoms with E-state index in [1.807, 2.05) is 6.07 Å². The van der Waals surface area contributed by atoms with Crippen molar-refractivity contribution in [2.24, 2.45) is 5.92 Å². The fourth-order valence-electron chi connectivity index (χ4n) is 9.98. The molecule has 5 heterocycles. The number of benzene rings is 1. The third kappa shape index (κ3) is 15.4. The number of unbranched alkanes of at least 4 members (excludes halogenated alkanes) is 3. The zero-order valence-corrected chi connectivity index (χ0v) is 46.2. The molecule has 25 nitrogen and oxygen atoms in total. The van der Waals surface area contributed by atoms with Gasteiger partial charge in [0, 0.05) is 54.8 Å². The summed E-state index contributed by atoms with van der Waals surface area (Å²) in [5.74, 6) is -4.82. The van der Waals surface area contributed by atoms with Crippen molar-refractivity contribution in [1.82, 2.24) is 41.0 Å². The van der Waals surface area contributed by atoms with Gasteiger partial charge in [-0.2, -0.15) is 0 Å². The van der Waals surface area contributed by atoms with Crippen LogP contribution in [-0.2, 0) is 63.4 Å². The third-order valence-corrected chi connectivity index (χ3v) is 15.0. The number of carbonyl (C=O) groups is 6. The number of aromatic nitrogens is 2. The number of rotatable bonds is 31. The van der Waals surface area contributed by atoms with Crippen LogP contribution in [0.2, 0.25) is 0 Å². The molecule has 0 aliphatic carbocycles. The van der Waals surface area contributed by atoms with Crippen LogP contribution in [0.25, 0.3) is 22.3 Å². The summed E-state index contributed by atoms with van der Waals surface area (Å²) in [5, 5.41) is 94.5. The first-order valence-corrected chi connectivity index (χ1v) is 27.4. The number of aryl methyl sites for hydroxylation is 1. The molecule has 0 saturated carbocycles. The van der Waals surface area contributed by atoms with Gasteiger partial charge in [-0.1, -0.05) is 27.2 Å². The van der Waals surface area contributed by atoms with E-state index < -0.39 is 121 Å². The summed E-state index contributed by atoms with van der Waals surface area (Å²) >= 11 is 0. The molecule has 0 bridgehead atoms. The number of halogens is 1. The summed E-state index contributed by atoms with van der Waals surface area (Å²) in [5.41, 5.74) is 1.10. The van der Waals surface area contributed by atoms with Gasteiger partial charge in [0.15, 0.2) is 5.60 Å². The quantitative estimate of drug-likeness (QED) is 0.0154. The Kier molecular flexibility index (Phi) is 22.5. The van der Waals surface area contributed by atoms with E-state index in [1.165, 1.54) is 34.6 Å². The molecule has 3 aliphatic rings. The number of carbonyl (C=O) groups excluding carboxylic acids is 6. The molecular formula is C55H77FN8O17. The second-order valence-electron chi connectivity index (χ2n) is 21.2. The standard InChI is InChI=1S/C55H77FN8O17/c1-6-55(79)35-21-39-47-31(24-64(39)53(77)34(35)26-81-54(55)78)20-33-32(29(4)36(56)22-38(33)61-47)12-9-11-19-80-27-58-50(74)30(5)59-52(76)46(28(2)3)62-51(75)37(14-15-42(68)57-23-40(66)48(72)49(73)41(67)25-65)60-43(69)13-8-7-10-18-63-44(70)16-17-45(63)71/h16-17,20-22,28,30,37,40-42,44,46,48-49,57,65-68,70,72-73,79H,6-15,18-19,23-27H2,1-5H3,(H,58,74)(H,59,76)(H,60,69)(H,62,75)/t30-,37-,40-,41+,42?,44?,46-,48+,49+,55-/m0/s1. The van der Waals surface area contributed by atoms with E-state index in [2.05, 4.69) is 26.6 Å². The van der Waals surface area contributed by atoms with Crippen molar-refractivity contribution in [1.29, 1.82) is 0 Å². The number of esters is 1. The Balaban J connectivity index is 0.981. The maximum Gasteiger partial charge on any atom is 0.343 e. The van der Waals surface area contributed by atoms with Gasteiger partial charge in [0.2, 0.25) is 29.5 Å². The van der Waals surface area contributed by atoms with E-state index >= 15 is 4.39 Å². The summed E-state index contributed by atoms with van der Waals surface area (Å²) in [6.45, 7) is 6.81. The zero-order valence-electron chi connectivity index (χ0n) is 46.2. The van der Waals surface area contributed by atoms with Gasteiger partial charge < -0.3 is 81.1 Å². The van der Waals surface area contributed by atoms with E-state index in [0.717, 1.165) is 11.1 Å². The normalized spacial score (nSPS) is 19.4. The van der Waals surface area contributed by atoms with E-state index in [0.29, 0.717) is 66.4 Å². The van der Waals surface area contributed by atoms with Gasteiger partial charge in [-0.3, -0.25) is 34.1 Å². The Morgan fingerprint density at radius 2 is 1.64 bits per heavy atom. The number of aliphatic hydroxyl groups excluding tert-OH is 7. The highest BCUT2D eigenvalue weighted by atomic mass is 19.1. The molecule has 3 aromatic rings. The van der Waals surface area contributed by atoms with Gasteiger partial charge in [-0.05, 0) is 100 Å². The molecule has 3 aliphatic heterocycles. The first-order chi connectivity index (χ1) is 38.4. The Bertz CT molecular complexity index is 2870. The number of hydrogen-bond donors (Lipinski definition) is 13. The summed E-state index contributed by atoms with van der Waals surface area (Å²) in [6, 6.07) is 1.21. The maximum absolute atomic E-state index is 15.4. The van der Waals surface area contributed by atoms with Crippen LogP contribution in [0.3, 0.4) is 0 Å². The van der Waals surface area contributed by atoms with Gasteiger partial charge in [-0.15, -0.1) is 0 Å². The molecule has 81 heavy (non-hydrogen) atoms. The minimum Gasteiger partial charge on any atom is -0.458 e. The molecule has 10 atom stereocenters. The van der Waals surface area contributed by atoms with Crippen molar-refractivity contribution in [3.8, 4) is 11.4 Å². The van der Waals surface area contributed by atoms with Crippen molar-refractivity contribution >= 4 is 46.4 Å².